The molecular formula is C32H66N2O2. The van der Waals surface area contributed by atoms with Gasteiger partial charge in [-0.3, -0.25) is 4.79 Å². The standard InChI is InChI=1S/C32H66N2O2/c1-5-9-11-13-16-20-25-31(26-21-17-14-12-10-6-2)36-32(35)27-22-18-15-19-23-28-33-29-24-30-34(7-3)8-4/h31,33H,5-30H2,1-4H3. The number of unbranched alkanes of at least 4 members (excludes halogenated alkanes) is 14. The van der Waals surface area contributed by atoms with E-state index in [0.717, 1.165) is 51.9 Å². The van der Waals surface area contributed by atoms with Gasteiger partial charge < -0.3 is 15.0 Å². The Morgan fingerprint density at radius 2 is 1.08 bits per heavy atom. The maximum absolute atomic E-state index is 12.5. The highest BCUT2D eigenvalue weighted by Gasteiger charge is 2.14. The van der Waals surface area contributed by atoms with Crippen LogP contribution < -0.4 is 5.32 Å². The lowest BCUT2D eigenvalue weighted by Gasteiger charge is -2.18. The zero-order valence-electron chi connectivity index (χ0n) is 25.2. The highest BCUT2D eigenvalue weighted by molar-refractivity contribution is 5.69. The van der Waals surface area contributed by atoms with Crippen LogP contribution in [0.25, 0.3) is 0 Å². The fourth-order valence-corrected chi connectivity index (χ4v) is 4.95. The first-order chi connectivity index (χ1) is 17.7. The number of carbonyl (C=O) groups excluding carboxylic acids is 1. The summed E-state index contributed by atoms with van der Waals surface area (Å²) in [7, 11) is 0. The minimum absolute atomic E-state index is 0.0480. The second kappa shape index (κ2) is 29.0. The van der Waals surface area contributed by atoms with Gasteiger partial charge in [0.2, 0.25) is 0 Å². The third-order valence-corrected chi connectivity index (χ3v) is 7.51. The molecule has 0 unspecified atom stereocenters. The Morgan fingerprint density at radius 1 is 0.611 bits per heavy atom. The molecule has 0 atom stereocenters. The molecule has 0 saturated heterocycles. The number of hydrogen-bond acceptors (Lipinski definition) is 4. The van der Waals surface area contributed by atoms with E-state index in [4.69, 9.17) is 4.74 Å². The summed E-state index contributed by atoms with van der Waals surface area (Å²) in [5, 5.41) is 3.58. The van der Waals surface area contributed by atoms with Gasteiger partial charge in [0.05, 0.1) is 0 Å². The van der Waals surface area contributed by atoms with Gasteiger partial charge in [0.1, 0.15) is 6.10 Å². The van der Waals surface area contributed by atoms with Crippen molar-refractivity contribution in [2.24, 2.45) is 0 Å². The summed E-state index contributed by atoms with van der Waals surface area (Å²) in [5.41, 5.74) is 0. The number of nitrogens with one attached hydrogen (secondary N) is 1. The first kappa shape index (κ1) is 35.4. The third kappa shape index (κ3) is 25.1. The highest BCUT2D eigenvalue weighted by Crippen LogP contribution is 2.18. The van der Waals surface area contributed by atoms with Crippen molar-refractivity contribution in [1.29, 1.82) is 0 Å². The molecule has 1 N–H and O–H groups in total. The molecule has 216 valence electrons. The Labute approximate surface area is 227 Å². The van der Waals surface area contributed by atoms with Crippen LogP contribution in [0, 0.1) is 0 Å². The monoisotopic (exact) mass is 511 g/mol. The van der Waals surface area contributed by atoms with Crippen LogP contribution in [0.5, 0.6) is 0 Å². The van der Waals surface area contributed by atoms with Crippen molar-refractivity contribution in [2.45, 2.75) is 169 Å². The first-order valence-electron chi connectivity index (χ1n) is 16.3. The lowest BCUT2D eigenvalue weighted by atomic mass is 10.0. The van der Waals surface area contributed by atoms with Gasteiger partial charge in [-0.05, 0) is 77.7 Å². The second-order valence-corrected chi connectivity index (χ2v) is 10.9. The molecular weight excluding hydrogens is 444 g/mol. The van der Waals surface area contributed by atoms with Crippen molar-refractivity contribution < 1.29 is 9.53 Å². The lowest BCUT2D eigenvalue weighted by molar-refractivity contribution is -0.150. The van der Waals surface area contributed by atoms with Crippen LogP contribution in [0.1, 0.15) is 163 Å². The molecule has 0 aliphatic rings. The summed E-state index contributed by atoms with van der Waals surface area (Å²) in [4.78, 5) is 15.0. The summed E-state index contributed by atoms with van der Waals surface area (Å²) in [5.74, 6) is 0.0480. The Balaban J connectivity index is 3.87. The largest absolute Gasteiger partial charge is 0.462 e. The summed E-state index contributed by atoms with van der Waals surface area (Å²) in [6, 6.07) is 0. The normalized spacial score (nSPS) is 11.6. The van der Waals surface area contributed by atoms with E-state index in [1.165, 1.54) is 109 Å². The maximum Gasteiger partial charge on any atom is 0.306 e. The number of esters is 1. The SMILES string of the molecule is CCCCCCCCC(CCCCCCCC)OC(=O)CCCCCCCNCCCN(CC)CC. The van der Waals surface area contributed by atoms with E-state index in [9.17, 15) is 4.79 Å². The Morgan fingerprint density at radius 3 is 1.64 bits per heavy atom. The number of hydrogen-bond donors (Lipinski definition) is 1. The summed E-state index contributed by atoms with van der Waals surface area (Å²) < 4.78 is 5.97. The smallest absolute Gasteiger partial charge is 0.306 e. The summed E-state index contributed by atoms with van der Waals surface area (Å²) >= 11 is 0. The molecule has 0 heterocycles. The van der Waals surface area contributed by atoms with Crippen molar-refractivity contribution in [3.63, 3.8) is 0 Å². The predicted molar refractivity (Wildman–Crippen MR) is 159 cm³/mol. The van der Waals surface area contributed by atoms with Gasteiger partial charge in [0, 0.05) is 6.42 Å². The number of carbonyl (C=O) groups is 1. The molecule has 0 aromatic heterocycles. The van der Waals surface area contributed by atoms with Crippen LogP contribution in [0.2, 0.25) is 0 Å². The molecule has 0 rings (SSSR count). The molecule has 0 aliphatic heterocycles. The molecule has 0 aliphatic carbocycles. The van der Waals surface area contributed by atoms with Gasteiger partial charge in [0.15, 0.2) is 0 Å². The summed E-state index contributed by atoms with van der Waals surface area (Å²) in [6.45, 7) is 14.8. The average molecular weight is 511 g/mol. The summed E-state index contributed by atoms with van der Waals surface area (Å²) in [6.07, 6.45) is 25.6. The van der Waals surface area contributed by atoms with E-state index in [2.05, 4.69) is 37.9 Å². The number of ether oxygens (including phenoxy) is 1. The Bertz CT molecular complexity index is 424. The minimum Gasteiger partial charge on any atom is -0.462 e. The van der Waals surface area contributed by atoms with Crippen molar-refractivity contribution in [1.82, 2.24) is 10.2 Å². The van der Waals surface area contributed by atoms with Crippen LogP contribution in [-0.2, 0) is 9.53 Å². The molecule has 0 aromatic carbocycles. The molecule has 0 fully saturated rings. The third-order valence-electron chi connectivity index (χ3n) is 7.51. The van der Waals surface area contributed by atoms with Gasteiger partial charge in [-0.25, -0.2) is 0 Å². The van der Waals surface area contributed by atoms with Crippen LogP contribution in [0.3, 0.4) is 0 Å². The van der Waals surface area contributed by atoms with Gasteiger partial charge >= 0.3 is 5.97 Å². The predicted octanol–water partition coefficient (Wildman–Crippen LogP) is 9.06. The van der Waals surface area contributed by atoms with E-state index < -0.39 is 0 Å². The fourth-order valence-electron chi connectivity index (χ4n) is 4.95. The van der Waals surface area contributed by atoms with Crippen molar-refractivity contribution in [3.8, 4) is 0 Å². The molecule has 0 amide bonds. The second-order valence-electron chi connectivity index (χ2n) is 10.9. The quantitative estimate of drug-likeness (QED) is 0.0804. The molecule has 4 heteroatoms. The molecule has 0 aromatic rings. The van der Waals surface area contributed by atoms with Gasteiger partial charge in [-0.1, -0.05) is 111 Å². The van der Waals surface area contributed by atoms with Crippen molar-refractivity contribution in [2.75, 3.05) is 32.7 Å². The Hall–Kier alpha value is -0.610. The lowest BCUT2D eigenvalue weighted by Crippen LogP contribution is -2.27. The zero-order chi connectivity index (χ0) is 26.5. The van der Waals surface area contributed by atoms with Crippen molar-refractivity contribution >= 4 is 5.97 Å². The average Bonchev–Trinajstić information content (AvgIpc) is 2.88. The molecule has 36 heavy (non-hydrogen) atoms. The molecule has 0 spiro atoms. The highest BCUT2D eigenvalue weighted by atomic mass is 16.5. The number of nitrogens with zero attached hydrogens (tertiary/aromatic N) is 1. The van der Waals surface area contributed by atoms with Gasteiger partial charge in [-0.15, -0.1) is 0 Å². The van der Waals surface area contributed by atoms with E-state index in [1.807, 2.05) is 0 Å². The fraction of sp³-hybridized carbons (Fsp3) is 0.969. The zero-order valence-corrected chi connectivity index (χ0v) is 25.2. The topological polar surface area (TPSA) is 41.6 Å². The molecule has 4 nitrogen and oxygen atoms in total. The van der Waals surface area contributed by atoms with E-state index in [-0.39, 0.29) is 12.1 Å². The van der Waals surface area contributed by atoms with Crippen LogP contribution >= 0.6 is 0 Å². The maximum atomic E-state index is 12.5. The molecule has 0 bridgehead atoms. The number of rotatable bonds is 29. The van der Waals surface area contributed by atoms with Gasteiger partial charge in [-0.2, -0.15) is 0 Å². The first-order valence-corrected chi connectivity index (χ1v) is 16.3. The van der Waals surface area contributed by atoms with Crippen LogP contribution in [0.15, 0.2) is 0 Å². The molecule has 0 saturated carbocycles. The van der Waals surface area contributed by atoms with E-state index in [0.29, 0.717) is 6.42 Å². The Kier molecular flexibility index (Phi) is 28.5. The van der Waals surface area contributed by atoms with Crippen LogP contribution in [0.4, 0.5) is 0 Å². The van der Waals surface area contributed by atoms with E-state index >= 15 is 0 Å². The van der Waals surface area contributed by atoms with Crippen molar-refractivity contribution in [3.05, 3.63) is 0 Å². The van der Waals surface area contributed by atoms with Gasteiger partial charge in [0.25, 0.3) is 0 Å². The molecule has 0 radical (unpaired) electrons. The van der Waals surface area contributed by atoms with E-state index in [1.54, 1.807) is 0 Å². The van der Waals surface area contributed by atoms with Crippen LogP contribution in [-0.4, -0.2) is 49.7 Å². The minimum atomic E-state index is 0.0480.